The summed E-state index contributed by atoms with van der Waals surface area (Å²) in [5, 5.41) is 3.80. The molecule has 2 aliphatic heterocycles. The zero-order valence-electron chi connectivity index (χ0n) is 13.1. The number of rotatable bonds is 6. The number of epoxide rings is 1. The van der Waals surface area contributed by atoms with Crippen molar-refractivity contribution in [1.29, 1.82) is 0 Å². The molecule has 6 nitrogen and oxygen atoms in total. The average Bonchev–Trinajstić information content (AvgIpc) is 3.09. The lowest BCUT2D eigenvalue weighted by molar-refractivity contribution is -0.149. The number of hydrogen-bond acceptors (Lipinski definition) is 7. The minimum atomic E-state index is -0.303. The average molecular weight is 345 g/mol. The minimum Gasteiger partial charge on any atom is -0.460 e. The fourth-order valence-corrected chi connectivity index (χ4v) is 3.91. The summed E-state index contributed by atoms with van der Waals surface area (Å²) in [7, 11) is 0. The fourth-order valence-electron chi connectivity index (χ4n) is 3.21. The van der Waals surface area contributed by atoms with E-state index in [2.05, 4.69) is 10.3 Å². The Morgan fingerprint density at radius 1 is 1.38 bits per heavy atom. The first-order valence-corrected chi connectivity index (χ1v) is 8.84. The predicted molar refractivity (Wildman–Crippen MR) is 90.2 cm³/mol. The highest BCUT2D eigenvalue weighted by atomic mass is 32.1. The Morgan fingerprint density at radius 3 is 2.96 bits per heavy atom. The molecule has 3 unspecified atom stereocenters. The molecule has 1 aromatic carbocycles. The molecule has 2 aromatic rings. The smallest absolute Gasteiger partial charge is 0.323 e. The first-order valence-electron chi connectivity index (χ1n) is 8.03. The fraction of sp³-hybridized carbons (Fsp3) is 0.412. The van der Waals surface area contributed by atoms with Crippen LogP contribution in [0.15, 0.2) is 36.5 Å². The minimum absolute atomic E-state index is 0.00388. The molecule has 0 amide bonds. The zero-order chi connectivity index (χ0) is 16.5. The number of carbonyl (C=O) groups is 1. The number of hydrogen-bond donors (Lipinski definition) is 2. The van der Waals surface area contributed by atoms with E-state index in [1.165, 1.54) is 11.3 Å². The number of anilines is 1. The second-order valence-electron chi connectivity index (χ2n) is 6.13. The SMILES string of the molecule is Nc1ncc(CCC2C3OC3N[C@@H]2C(=O)OCc2ccccc2)s1. The van der Waals surface area contributed by atoms with Crippen LogP contribution >= 0.6 is 11.3 Å². The van der Waals surface area contributed by atoms with Crippen molar-refractivity contribution in [2.75, 3.05) is 5.73 Å². The van der Waals surface area contributed by atoms with Crippen LogP contribution in [0.5, 0.6) is 0 Å². The van der Waals surface area contributed by atoms with Gasteiger partial charge in [0.2, 0.25) is 0 Å². The van der Waals surface area contributed by atoms with Gasteiger partial charge < -0.3 is 15.2 Å². The van der Waals surface area contributed by atoms with Gasteiger partial charge in [-0.2, -0.15) is 0 Å². The lowest BCUT2D eigenvalue weighted by Gasteiger charge is -2.20. The van der Waals surface area contributed by atoms with Crippen LogP contribution in [0.4, 0.5) is 5.13 Å². The molecule has 4 rings (SSSR count). The summed E-state index contributed by atoms with van der Waals surface area (Å²) in [5.41, 5.74) is 6.65. The molecule has 0 aliphatic carbocycles. The van der Waals surface area contributed by atoms with Gasteiger partial charge in [0.05, 0.1) is 0 Å². The summed E-state index contributed by atoms with van der Waals surface area (Å²) in [6, 6.07) is 9.40. The second-order valence-corrected chi connectivity index (χ2v) is 7.27. The molecule has 0 spiro atoms. The van der Waals surface area contributed by atoms with Crippen molar-refractivity contribution < 1.29 is 14.3 Å². The summed E-state index contributed by atoms with van der Waals surface area (Å²) in [5.74, 6) is -0.0786. The quantitative estimate of drug-likeness (QED) is 0.612. The van der Waals surface area contributed by atoms with E-state index >= 15 is 0 Å². The van der Waals surface area contributed by atoms with Gasteiger partial charge in [-0.1, -0.05) is 30.3 Å². The lowest BCUT2D eigenvalue weighted by Crippen LogP contribution is -2.41. The van der Waals surface area contributed by atoms with Crippen LogP contribution in [-0.2, 0) is 27.3 Å². The number of aryl methyl sites for hydroxylation is 1. The summed E-state index contributed by atoms with van der Waals surface area (Å²) in [6.07, 6.45) is 3.60. The van der Waals surface area contributed by atoms with E-state index in [-0.39, 0.29) is 30.3 Å². The van der Waals surface area contributed by atoms with E-state index in [4.69, 9.17) is 15.2 Å². The molecule has 3 N–H and O–H groups in total. The molecular weight excluding hydrogens is 326 g/mol. The van der Waals surface area contributed by atoms with Crippen molar-refractivity contribution in [3.8, 4) is 0 Å². The predicted octanol–water partition coefficient (Wildman–Crippen LogP) is 1.71. The monoisotopic (exact) mass is 345 g/mol. The number of thiazole rings is 1. The van der Waals surface area contributed by atoms with E-state index in [0.717, 1.165) is 23.3 Å². The van der Waals surface area contributed by atoms with Crippen molar-refractivity contribution >= 4 is 22.4 Å². The summed E-state index contributed by atoms with van der Waals surface area (Å²) in [6.45, 7) is 0.298. The summed E-state index contributed by atoms with van der Waals surface area (Å²) in [4.78, 5) is 17.6. The number of carbonyl (C=O) groups excluding carboxylic acids is 1. The Labute approximate surface area is 144 Å². The number of nitrogens with zero attached hydrogens (tertiary/aromatic N) is 1. The van der Waals surface area contributed by atoms with E-state index in [1.807, 2.05) is 30.3 Å². The van der Waals surface area contributed by atoms with Gasteiger partial charge in [-0.15, -0.1) is 11.3 Å². The van der Waals surface area contributed by atoms with Gasteiger partial charge in [0.25, 0.3) is 0 Å². The molecule has 126 valence electrons. The van der Waals surface area contributed by atoms with Crippen LogP contribution in [0.2, 0.25) is 0 Å². The van der Waals surface area contributed by atoms with E-state index in [9.17, 15) is 4.79 Å². The van der Waals surface area contributed by atoms with Crippen LogP contribution in [0, 0.1) is 5.92 Å². The van der Waals surface area contributed by atoms with Gasteiger partial charge in [-0.3, -0.25) is 10.1 Å². The first kappa shape index (κ1) is 15.6. The third kappa shape index (κ3) is 3.28. The molecule has 4 atom stereocenters. The maximum atomic E-state index is 12.4. The zero-order valence-corrected chi connectivity index (χ0v) is 13.9. The van der Waals surface area contributed by atoms with E-state index < -0.39 is 0 Å². The number of ether oxygens (including phenoxy) is 2. The van der Waals surface area contributed by atoms with Gasteiger partial charge in [0.1, 0.15) is 25.0 Å². The standard InChI is InChI=1S/C17H19N3O3S/c18-17-19-8-11(24-17)6-7-12-13(20-15-14(12)23-15)16(21)22-9-10-4-2-1-3-5-10/h1-5,8,12-15,20H,6-7,9H2,(H2,18,19)/t12?,13-,14?,15?/m0/s1. The molecule has 2 saturated heterocycles. The Hall–Kier alpha value is -1.96. The van der Waals surface area contributed by atoms with Crippen LogP contribution in [0.1, 0.15) is 16.9 Å². The summed E-state index contributed by atoms with van der Waals surface area (Å²) >= 11 is 1.49. The van der Waals surface area contributed by atoms with Crippen LogP contribution in [-0.4, -0.2) is 29.3 Å². The molecule has 2 aliphatic rings. The Kier molecular flexibility index (Phi) is 4.22. The van der Waals surface area contributed by atoms with Gasteiger partial charge >= 0.3 is 5.97 Å². The molecular formula is C17H19N3O3S. The molecule has 0 saturated carbocycles. The highest BCUT2D eigenvalue weighted by Crippen LogP contribution is 2.40. The third-order valence-corrected chi connectivity index (χ3v) is 5.38. The third-order valence-electron chi connectivity index (χ3n) is 4.49. The van der Waals surface area contributed by atoms with Crippen molar-refractivity contribution in [3.05, 3.63) is 47.0 Å². The highest BCUT2D eigenvalue weighted by Gasteiger charge is 2.57. The van der Waals surface area contributed by atoms with Crippen LogP contribution in [0.25, 0.3) is 0 Å². The Bertz CT molecular complexity index is 721. The normalized spacial score (nSPS) is 27.7. The number of benzene rings is 1. The van der Waals surface area contributed by atoms with Crippen molar-refractivity contribution in [1.82, 2.24) is 10.3 Å². The number of nitrogen functional groups attached to an aromatic ring is 1. The van der Waals surface area contributed by atoms with Crippen LogP contribution < -0.4 is 11.1 Å². The van der Waals surface area contributed by atoms with Crippen molar-refractivity contribution in [2.45, 2.75) is 37.8 Å². The molecule has 3 heterocycles. The van der Waals surface area contributed by atoms with Gasteiger partial charge in [0.15, 0.2) is 5.13 Å². The van der Waals surface area contributed by atoms with E-state index in [0.29, 0.717) is 11.7 Å². The molecule has 2 fully saturated rings. The van der Waals surface area contributed by atoms with Crippen molar-refractivity contribution in [3.63, 3.8) is 0 Å². The number of aromatic nitrogens is 1. The lowest BCUT2D eigenvalue weighted by atomic mass is 9.94. The maximum Gasteiger partial charge on any atom is 0.323 e. The van der Waals surface area contributed by atoms with E-state index in [1.54, 1.807) is 6.20 Å². The molecule has 1 aromatic heterocycles. The molecule has 0 bridgehead atoms. The maximum absolute atomic E-state index is 12.4. The number of esters is 1. The largest absolute Gasteiger partial charge is 0.460 e. The number of nitrogens with two attached hydrogens (primary N) is 1. The second kappa shape index (κ2) is 6.51. The topological polar surface area (TPSA) is 89.8 Å². The Morgan fingerprint density at radius 2 is 2.21 bits per heavy atom. The number of fused-ring (bicyclic) bond motifs is 1. The van der Waals surface area contributed by atoms with Gasteiger partial charge in [-0.25, -0.2) is 4.98 Å². The molecule has 24 heavy (non-hydrogen) atoms. The van der Waals surface area contributed by atoms with Crippen molar-refractivity contribution in [2.24, 2.45) is 5.92 Å². The number of nitrogens with one attached hydrogen (secondary N) is 1. The Balaban J connectivity index is 1.34. The van der Waals surface area contributed by atoms with Gasteiger partial charge in [0, 0.05) is 17.0 Å². The van der Waals surface area contributed by atoms with Gasteiger partial charge in [-0.05, 0) is 18.4 Å². The first-order chi connectivity index (χ1) is 11.7. The molecule has 0 radical (unpaired) electrons. The van der Waals surface area contributed by atoms with Crippen LogP contribution in [0.3, 0.4) is 0 Å². The highest BCUT2D eigenvalue weighted by molar-refractivity contribution is 7.15. The summed E-state index contributed by atoms with van der Waals surface area (Å²) < 4.78 is 11.0. The molecule has 7 heteroatoms.